The van der Waals surface area contributed by atoms with Gasteiger partial charge in [0.05, 0.1) is 44.5 Å². The topological polar surface area (TPSA) is 109 Å². The Morgan fingerprint density at radius 2 is 1.46 bits per heavy atom. The Labute approximate surface area is 166 Å². The summed E-state index contributed by atoms with van der Waals surface area (Å²) in [6.07, 6.45) is -0.670. The third-order valence-electron chi connectivity index (χ3n) is 3.03. The minimum Gasteiger partial charge on any atom is -0.442 e. The third-order valence-corrected chi connectivity index (χ3v) is 4.36. The minimum atomic E-state index is -3.78. The van der Waals surface area contributed by atoms with Gasteiger partial charge >= 0.3 is 6.09 Å². The molecule has 0 fully saturated rings. The van der Waals surface area contributed by atoms with E-state index in [4.69, 9.17) is 23.2 Å². The van der Waals surface area contributed by atoms with Crippen molar-refractivity contribution in [3.05, 3.63) is 29.8 Å². The first-order chi connectivity index (χ1) is 13.1. The van der Waals surface area contributed by atoms with E-state index in [2.05, 4.69) is 5.48 Å². The summed E-state index contributed by atoms with van der Waals surface area (Å²) in [5.41, 5.74) is 2.52. The van der Waals surface area contributed by atoms with Crippen LogP contribution in [-0.2, 0) is 33.3 Å². The molecule has 0 aliphatic carbocycles. The van der Waals surface area contributed by atoms with E-state index in [1.165, 1.54) is 12.1 Å². The number of ether oxygens (including phenoxy) is 3. The quantitative estimate of drug-likeness (QED) is 0.312. The average Bonchev–Trinajstić information content (AvgIpc) is 2.58. The van der Waals surface area contributed by atoms with Crippen molar-refractivity contribution in [1.29, 1.82) is 0 Å². The van der Waals surface area contributed by atoms with E-state index in [0.29, 0.717) is 6.61 Å². The van der Waals surface area contributed by atoms with Crippen molar-refractivity contribution in [2.45, 2.75) is 38.2 Å². The van der Waals surface area contributed by atoms with Crippen LogP contribution in [0.3, 0.4) is 0 Å². The molecule has 0 aliphatic heterocycles. The SMILES string of the molecule is Cc1ccc(S(=O)(=O)OCCOCCOCCONC(=O)OC(C)(C)C)cc1. The summed E-state index contributed by atoms with van der Waals surface area (Å²) in [4.78, 5) is 16.3. The Morgan fingerprint density at radius 3 is 2.04 bits per heavy atom. The average molecular weight is 419 g/mol. The zero-order chi connectivity index (χ0) is 21.0. The molecule has 10 heteroatoms. The number of hydrogen-bond acceptors (Lipinski definition) is 8. The first kappa shape index (κ1) is 24.3. The van der Waals surface area contributed by atoms with Gasteiger partial charge in [-0.25, -0.2) is 4.79 Å². The fraction of sp³-hybridized carbons (Fsp3) is 0.611. The Balaban J connectivity index is 1.99. The first-order valence-corrected chi connectivity index (χ1v) is 10.2. The zero-order valence-electron chi connectivity index (χ0n) is 16.7. The van der Waals surface area contributed by atoms with Gasteiger partial charge in [-0.2, -0.15) is 13.9 Å². The van der Waals surface area contributed by atoms with E-state index in [1.807, 2.05) is 6.92 Å². The molecule has 1 rings (SSSR count). The smallest absolute Gasteiger partial charge is 0.431 e. The Hall–Kier alpha value is -1.72. The molecule has 0 saturated heterocycles. The molecule has 0 radical (unpaired) electrons. The van der Waals surface area contributed by atoms with Crippen LogP contribution >= 0.6 is 0 Å². The van der Waals surface area contributed by atoms with Crippen LogP contribution in [0.4, 0.5) is 4.79 Å². The lowest BCUT2D eigenvalue weighted by molar-refractivity contribution is -0.0335. The molecule has 0 heterocycles. The van der Waals surface area contributed by atoms with Crippen LogP contribution < -0.4 is 5.48 Å². The van der Waals surface area contributed by atoms with Crippen molar-refractivity contribution < 1.29 is 36.4 Å². The number of amides is 1. The molecular weight excluding hydrogens is 390 g/mol. The second kappa shape index (κ2) is 12.0. The molecule has 160 valence electrons. The second-order valence-electron chi connectivity index (χ2n) is 6.77. The number of carbonyl (C=O) groups is 1. The van der Waals surface area contributed by atoms with Crippen molar-refractivity contribution in [3.63, 3.8) is 0 Å². The van der Waals surface area contributed by atoms with Gasteiger partial charge in [-0.05, 0) is 39.8 Å². The minimum absolute atomic E-state index is 0.0842. The summed E-state index contributed by atoms with van der Waals surface area (Å²) >= 11 is 0. The Kier molecular flexibility index (Phi) is 10.4. The van der Waals surface area contributed by atoms with Crippen LogP contribution in [0.5, 0.6) is 0 Å². The predicted octanol–water partition coefficient (Wildman–Crippen LogP) is 2.19. The number of hydrogen-bond donors (Lipinski definition) is 1. The number of rotatable bonds is 12. The Bertz CT molecular complexity index is 683. The van der Waals surface area contributed by atoms with Crippen LogP contribution in [0.15, 0.2) is 29.2 Å². The van der Waals surface area contributed by atoms with Gasteiger partial charge in [0.25, 0.3) is 10.1 Å². The lowest BCUT2D eigenvalue weighted by Gasteiger charge is -2.19. The zero-order valence-corrected chi connectivity index (χ0v) is 17.5. The number of benzene rings is 1. The van der Waals surface area contributed by atoms with E-state index in [1.54, 1.807) is 32.9 Å². The molecule has 9 nitrogen and oxygen atoms in total. The van der Waals surface area contributed by atoms with Crippen LogP contribution in [0.2, 0.25) is 0 Å². The molecule has 0 bridgehead atoms. The van der Waals surface area contributed by atoms with Crippen molar-refractivity contribution >= 4 is 16.2 Å². The van der Waals surface area contributed by atoms with Crippen LogP contribution in [0.1, 0.15) is 26.3 Å². The summed E-state index contributed by atoms with van der Waals surface area (Å²) < 4.78 is 44.3. The van der Waals surface area contributed by atoms with E-state index in [9.17, 15) is 13.2 Å². The van der Waals surface area contributed by atoms with Gasteiger partial charge in [0.2, 0.25) is 0 Å². The molecule has 1 amide bonds. The van der Waals surface area contributed by atoms with Crippen molar-refractivity contribution in [3.8, 4) is 0 Å². The number of nitrogens with one attached hydrogen (secondary N) is 1. The number of carbonyl (C=O) groups excluding carboxylic acids is 1. The van der Waals surface area contributed by atoms with Crippen LogP contribution in [0, 0.1) is 6.92 Å². The maximum atomic E-state index is 11.9. The third kappa shape index (κ3) is 11.2. The Morgan fingerprint density at radius 1 is 0.929 bits per heavy atom. The largest absolute Gasteiger partial charge is 0.442 e. The molecule has 1 aromatic carbocycles. The van der Waals surface area contributed by atoms with Gasteiger partial charge in [0, 0.05) is 0 Å². The maximum absolute atomic E-state index is 11.9. The highest BCUT2D eigenvalue weighted by atomic mass is 32.2. The van der Waals surface area contributed by atoms with Crippen LogP contribution in [0.25, 0.3) is 0 Å². The lowest BCUT2D eigenvalue weighted by atomic mass is 10.2. The fourth-order valence-electron chi connectivity index (χ4n) is 1.81. The molecule has 28 heavy (non-hydrogen) atoms. The monoisotopic (exact) mass is 419 g/mol. The van der Waals surface area contributed by atoms with Crippen molar-refractivity contribution in [1.82, 2.24) is 5.48 Å². The summed E-state index contributed by atoms with van der Waals surface area (Å²) in [5, 5.41) is 0. The highest BCUT2D eigenvalue weighted by Crippen LogP contribution is 2.12. The van der Waals surface area contributed by atoms with Gasteiger partial charge in [0.15, 0.2) is 0 Å². The van der Waals surface area contributed by atoms with Gasteiger partial charge in [0.1, 0.15) is 5.60 Å². The molecule has 0 unspecified atom stereocenters. The predicted molar refractivity (Wildman–Crippen MR) is 101 cm³/mol. The van der Waals surface area contributed by atoms with E-state index < -0.39 is 21.8 Å². The van der Waals surface area contributed by atoms with Gasteiger partial charge in [-0.1, -0.05) is 17.7 Å². The highest BCUT2D eigenvalue weighted by molar-refractivity contribution is 7.86. The summed E-state index contributed by atoms with van der Waals surface area (Å²) in [6.45, 7) is 8.11. The molecule has 0 aliphatic rings. The highest BCUT2D eigenvalue weighted by Gasteiger charge is 2.16. The van der Waals surface area contributed by atoms with Gasteiger partial charge < -0.3 is 14.2 Å². The molecule has 0 saturated carbocycles. The van der Waals surface area contributed by atoms with Crippen molar-refractivity contribution in [2.24, 2.45) is 0 Å². The first-order valence-electron chi connectivity index (χ1n) is 8.82. The molecule has 1 N–H and O–H groups in total. The molecule has 0 atom stereocenters. The standard InChI is InChI=1S/C18H29NO8S/c1-15-5-7-16(8-6-15)28(21,22)26-14-12-24-10-9-23-11-13-25-19-17(20)27-18(2,3)4/h5-8H,9-14H2,1-4H3,(H,19,20). The van der Waals surface area contributed by atoms with E-state index >= 15 is 0 Å². The second-order valence-corrected chi connectivity index (χ2v) is 8.38. The van der Waals surface area contributed by atoms with Crippen LogP contribution in [-0.4, -0.2) is 59.8 Å². The summed E-state index contributed by atoms with van der Waals surface area (Å²) in [7, 11) is -3.78. The molecular formula is C18H29NO8S. The maximum Gasteiger partial charge on any atom is 0.431 e. The fourth-order valence-corrected chi connectivity index (χ4v) is 2.70. The summed E-state index contributed by atoms with van der Waals surface area (Å²) in [6, 6.07) is 6.41. The van der Waals surface area contributed by atoms with Gasteiger partial charge in [-0.15, -0.1) is 0 Å². The van der Waals surface area contributed by atoms with E-state index in [0.717, 1.165) is 5.56 Å². The molecule has 1 aromatic rings. The summed E-state index contributed by atoms with van der Waals surface area (Å²) in [5.74, 6) is 0. The normalized spacial score (nSPS) is 12.0. The van der Waals surface area contributed by atoms with Gasteiger partial charge in [-0.3, -0.25) is 9.02 Å². The van der Waals surface area contributed by atoms with Crippen molar-refractivity contribution in [2.75, 3.05) is 39.6 Å². The number of aryl methyl sites for hydroxylation is 1. The molecule has 0 spiro atoms. The lowest BCUT2D eigenvalue weighted by Crippen LogP contribution is -2.33. The number of hydroxylamine groups is 1. The molecule has 0 aromatic heterocycles. The van der Waals surface area contributed by atoms with E-state index in [-0.39, 0.29) is 37.9 Å².